The first kappa shape index (κ1) is 13.4. The van der Waals surface area contributed by atoms with Gasteiger partial charge in [-0.3, -0.25) is 4.79 Å². The van der Waals surface area contributed by atoms with Crippen LogP contribution >= 0.6 is 11.6 Å². The molecule has 0 spiro atoms. The predicted octanol–water partition coefficient (Wildman–Crippen LogP) is 3.28. The molecule has 19 heavy (non-hydrogen) atoms. The maximum absolute atomic E-state index is 12.0. The Labute approximate surface area is 116 Å². The van der Waals surface area contributed by atoms with E-state index in [1.165, 1.54) is 6.07 Å². The fraction of sp³-hybridized carbons (Fsp3) is 0.133. The highest BCUT2D eigenvalue weighted by molar-refractivity contribution is 6.30. The summed E-state index contributed by atoms with van der Waals surface area (Å²) < 4.78 is 0. The van der Waals surface area contributed by atoms with Gasteiger partial charge in [0.1, 0.15) is 5.75 Å². The molecule has 1 amide bonds. The Kier molecular flexibility index (Phi) is 4.07. The summed E-state index contributed by atoms with van der Waals surface area (Å²) in [6, 6.07) is 12.2. The molecular formula is C15H14ClNO2. The third-order valence-corrected chi connectivity index (χ3v) is 2.97. The molecule has 0 aliphatic heterocycles. The molecule has 0 fully saturated rings. The first-order valence-electron chi connectivity index (χ1n) is 5.88. The van der Waals surface area contributed by atoms with E-state index in [1.807, 2.05) is 19.1 Å². The average molecular weight is 276 g/mol. The molecule has 2 N–H and O–H groups in total. The molecule has 2 rings (SSSR count). The number of benzene rings is 2. The maximum atomic E-state index is 12.0. The zero-order chi connectivity index (χ0) is 13.8. The minimum absolute atomic E-state index is 0.0193. The lowest BCUT2D eigenvalue weighted by atomic mass is 10.1. The van der Waals surface area contributed by atoms with E-state index in [2.05, 4.69) is 5.32 Å². The van der Waals surface area contributed by atoms with Crippen molar-refractivity contribution in [1.29, 1.82) is 0 Å². The molecule has 0 aliphatic rings. The van der Waals surface area contributed by atoms with Gasteiger partial charge in [0.05, 0.1) is 5.56 Å². The number of amides is 1. The Bertz CT molecular complexity index is 611. The van der Waals surface area contributed by atoms with Gasteiger partial charge in [0.2, 0.25) is 0 Å². The van der Waals surface area contributed by atoms with Crippen molar-refractivity contribution >= 4 is 17.5 Å². The number of rotatable bonds is 3. The summed E-state index contributed by atoms with van der Waals surface area (Å²) in [4.78, 5) is 12.0. The second kappa shape index (κ2) is 5.76. The number of hydrogen-bond acceptors (Lipinski definition) is 2. The average Bonchev–Trinajstić information content (AvgIpc) is 2.39. The Morgan fingerprint density at radius 3 is 2.79 bits per heavy atom. The van der Waals surface area contributed by atoms with Crippen LogP contribution in [0.4, 0.5) is 0 Å². The van der Waals surface area contributed by atoms with Gasteiger partial charge in [0.15, 0.2) is 0 Å². The van der Waals surface area contributed by atoms with Crippen molar-refractivity contribution in [2.24, 2.45) is 0 Å². The lowest BCUT2D eigenvalue weighted by molar-refractivity contribution is 0.0948. The van der Waals surface area contributed by atoms with Crippen molar-refractivity contribution in [2.45, 2.75) is 13.5 Å². The molecule has 0 aromatic heterocycles. The summed E-state index contributed by atoms with van der Waals surface area (Å²) in [5.41, 5.74) is 2.11. The molecule has 0 atom stereocenters. The molecule has 4 heteroatoms. The number of carbonyl (C=O) groups is 1. The molecule has 3 nitrogen and oxygen atoms in total. The minimum atomic E-state index is -0.304. The second-order valence-electron chi connectivity index (χ2n) is 4.33. The normalized spacial score (nSPS) is 10.2. The van der Waals surface area contributed by atoms with Gasteiger partial charge in [-0.1, -0.05) is 35.4 Å². The fourth-order valence-corrected chi connectivity index (χ4v) is 1.97. The standard InChI is InChI=1S/C15H14ClNO2/c1-10-5-6-14(18)13(7-10)15(19)17-9-11-3-2-4-12(16)8-11/h2-8,18H,9H2,1H3,(H,17,19). The Balaban J connectivity index is 2.07. The van der Waals surface area contributed by atoms with E-state index in [0.717, 1.165) is 11.1 Å². The molecule has 0 aliphatic carbocycles. The molecule has 0 saturated carbocycles. The van der Waals surface area contributed by atoms with E-state index in [0.29, 0.717) is 11.6 Å². The molecular weight excluding hydrogens is 262 g/mol. The third kappa shape index (κ3) is 3.48. The van der Waals surface area contributed by atoms with Crippen LogP contribution in [0.15, 0.2) is 42.5 Å². The topological polar surface area (TPSA) is 49.3 Å². The van der Waals surface area contributed by atoms with Gasteiger partial charge in [-0.25, -0.2) is 0 Å². The summed E-state index contributed by atoms with van der Waals surface area (Å²) in [7, 11) is 0. The molecule has 0 heterocycles. The number of hydrogen-bond donors (Lipinski definition) is 2. The second-order valence-corrected chi connectivity index (χ2v) is 4.77. The Morgan fingerprint density at radius 2 is 2.05 bits per heavy atom. The molecule has 0 saturated heterocycles. The van der Waals surface area contributed by atoms with E-state index in [9.17, 15) is 9.90 Å². The van der Waals surface area contributed by atoms with Crippen molar-refractivity contribution in [3.63, 3.8) is 0 Å². The first-order chi connectivity index (χ1) is 9.06. The summed E-state index contributed by atoms with van der Waals surface area (Å²) in [6.45, 7) is 2.24. The number of nitrogens with one attached hydrogen (secondary N) is 1. The number of phenols is 1. The summed E-state index contributed by atoms with van der Waals surface area (Å²) >= 11 is 5.87. The van der Waals surface area contributed by atoms with Gasteiger partial charge in [-0.2, -0.15) is 0 Å². The van der Waals surface area contributed by atoms with Crippen LogP contribution < -0.4 is 5.32 Å². The van der Waals surface area contributed by atoms with Gasteiger partial charge in [-0.15, -0.1) is 0 Å². The lowest BCUT2D eigenvalue weighted by Crippen LogP contribution is -2.22. The quantitative estimate of drug-likeness (QED) is 0.903. The van der Waals surface area contributed by atoms with E-state index >= 15 is 0 Å². The number of aryl methyl sites for hydroxylation is 1. The van der Waals surface area contributed by atoms with Crippen molar-refractivity contribution in [1.82, 2.24) is 5.32 Å². The highest BCUT2D eigenvalue weighted by Crippen LogP contribution is 2.18. The van der Waals surface area contributed by atoms with Crippen molar-refractivity contribution in [3.8, 4) is 5.75 Å². The molecule has 2 aromatic carbocycles. The predicted molar refractivity (Wildman–Crippen MR) is 75.5 cm³/mol. The molecule has 0 radical (unpaired) electrons. The minimum Gasteiger partial charge on any atom is -0.507 e. The Hall–Kier alpha value is -2.00. The molecule has 2 aromatic rings. The van der Waals surface area contributed by atoms with Crippen LogP contribution in [0.5, 0.6) is 5.75 Å². The number of phenolic OH excluding ortho intramolecular Hbond substituents is 1. The van der Waals surface area contributed by atoms with Crippen LogP contribution in [0.25, 0.3) is 0 Å². The van der Waals surface area contributed by atoms with Crippen LogP contribution in [0.3, 0.4) is 0 Å². The van der Waals surface area contributed by atoms with Crippen LogP contribution in [0.2, 0.25) is 5.02 Å². The van der Waals surface area contributed by atoms with Gasteiger partial charge in [-0.05, 0) is 36.8 Å². The fourth-order valence-electron chi connectivity index (χ4n) is 1.76. The summed E-state index contributed by atoms with van der Waals surface area (Å²) in [6.07, 6.45) is 0. The highest BCUT2D eigenvalue weighted by atomic mass is 35.5. The number of aromatic hydroxyl groups is 1. The lowest BCUT2D eigenvalue weighted by Gasteiger charge is -2.08. The third-order valence-electron chi connectivity index (χ3n) is 2.74. The first-order valence-corrected chi connectivity index (χ1v) is 6.26. The Morgan fingerprint density at radius 1 is 1.26 bits per heavy atom. The van der Waals surface area contributed by atoms with E-state index in [-0.39, 0.29) is 17.2 Å². The van der Waals surface area contributed by atoms with E-state index < -0.39 is 0 Å². The van der Waals surface area contributed by atoms with Crippen LogP contribution in [-0.4, -0.2) is 11.0 Å². The van der Waals surface area contributed by atoms with Gasteiger partial charge in [0.25, 0.3) is 5.91 Å². The summed E-state index contributed by atoms with van der Waals surface area (Å²) in [5, 5.41) is 13.0. The van der Waals surface area contributed by atoms with E-state index in [1.54, 1.807) is 24.3 Å². The maximum Gasteiger partial charge on any atom is 0.255 e. The zero-order valence-corrected chi connectivity index (χ0v) is 11.2. The van der Waals surface area contributed by atoms with Crippen molar-refractivity contribution < 1.29 is 9.90 Å². The van der Waals surface area contributed by atoms with Crippen LogP contribution in [0.1, 0.15) is 21.5 Å². The van der Waals surface area contributed by atoms with Crippen LogP contribution in [-0.2, 0) is 6.54 Å². The SMILES string of the molecule is Cc1ccc(O)c(C(=O)NCc2cccc(Cl)c2)c1. The van der Waals surface area contributed by atoms with Crippen molar-refractivity contribution in [2.75, 3.05) is 0 Å². The number of carbonyl (C=O) groups excluding carboxylic acids is 1. The molecule has 0 unspecified atom stereocenters. The largest absolute Gasteiger partial charge is 0.507 e. The zero-order valence-electron chi connectivity index (χ0n) is 10.5. The molecule has 98 valence electrons. The van der Waals surface area contributed by atoms with Gasteiger partial charge < -0.3 is 10.4 Å². The molecule has 0 bridgehead atoms. The van der Waals surface area contributed by atoms with Gasteiger partial charge in [0, 0.05) is 11.6 Å². The summed E-state index contributed by atoms with van der Waals surface area (Å²) in [5.74, 6) is -0.324. The van der Waals surface area contributed by atoms with Crippen LogP contribution in [0, 0.1) is 6.92 Å². The smallest absolute Gasteiger partial charge is 0.255 e. The van der Waals surface area contributed by atoms with Crippen molar-refractivity contribution in [3.05, 3.63) is 64.2 Å². The monoisotopic (exact) mass is 275 g/mol. The van der Waals surface area contributed by atoms with E-state index in [4.69, 9.17) is 11.6 Å². The number of halogens is 1. The van der Waals surface area contributed by atoms with Gasteiger partial charge >= 0.3 is 0 Å². The highest BCUT2D eigenvalue weighted by Gasteiger charge is 2.10.